The van der Waals surface area contributed by atoms with E-state index in [2.05, 4.69) is 41.4 Å². The third-order valence-electron chi connectivity index (χ3n) is 4.05. The molecule has 2 rings (SSSR count). The van der Waals surface area contributed by atoms with Crippen molar-refractivity contribution in [3.05, 3.63) is 30.1 Å². The Morgan fingerprint density at radius 3 is 2.53 bits per heavy atom. The van der Waals surface area contributed by atoms with Gasteiger partial charge in [-0.25, -0.2) is 0 Å². The predicted molar refractivity (Wildman–Crippen MR) is 79.9 cm³/mol. The summed E-state index contributed by atoms with van der Waals surface area (Å²) in [6.45, 7) is 3.30. The molecular formula is C16H27N3. The van der Waals surface area contributed by atoms with Crippen molar-refractivity contribution >= 4 is 0 Å². The molecule has 0 aromatic carbocycles. The highest BCUT2D eigenvalue weighted by Crippen LogP contribution is 2.28. The van der Waals surface area contributed by atoms with Crippen molar-refractivity contribution in [2.24, 2.45) is 11.8 Å². The first-order chi connectivity index (χ1) is 9.24. The molecule has 0 amide bonds. The van der Waals surface area contributed by atoms with E-state index in [1.54, 1.807) is 0 Å². The summed E-state index contributed by atoms with van der Waals surface area (Å²) >= 11 is 0. The molecule has 0 radical (unpaired) electrons. The van der Waals surface area contributed by atoms with Crippen LogP contribution in [0.3, 0.4) is 0 Å². The van der Waals surface area contributed by atoms with Crippen molar-refractivity contribution in [3.63, 3.8) is 0 Å². The van der Waals surface area contributed by atoms with E-state index in [0.29, 0.717) is 0 Å². The first-order valence-corrected chi connectivity index (χ1v) is 7.49. The number of pyridine rings is 1. The van der Waals surface area contributed by atoms with Crippen molar-refractivity contribution < 1.29 is 0 Å². The van der Waals surface area contributed by atoms with Crippen LogP contribution >= 0.6 is 0 Å². The van der Waals surface area contributed by atoms with Crippen molar-refractivity contribution in [1.82, 2.24) is 15.2 Å². The summed E-state index contributed by atoms with van der Waals surface area (Å²) < 4.78 is 0. The van der Waals surface area contributed by atoms with Gasteiger partial charge in [0.1, 0.15) is 0 Å². The van der Waals surface area contributed by atoms with Gasteiger partial charge >= 0.3 is 0 Å². The molecule has 1 N–H and O–H groups in total. The Balaban J connectivity index is 1.61. The smallest absolute Gasteiger partial charge is 0.0541 e. The molecule has 0 bridgehead atoms. The molecule has 1 aromatic rings. The summed E-state index contributed by atoms with van der Waals surface area (Å²) in [4.78, 5) is 6.66. The van der Waals surface area contributed by atoms with E-state index >= 15 is 0 Å². The van der Waals surface area contributed by atoms with Crippen molar-refractivity contribution in [2.75, 3.05) is 27.2 Å². The van der Waals surface area contributed by atoms with Gasteiger partial charge in [-0.2, -0.15) is 0 Å². The molecule has 0 spiro atoms. The average Bonchev–Trinajstić information content (AvgIpc) is 2.41. The number of aromatic nitrogens is 1. The predicted octanol–water partition coefficient (Wildman–Crippen LogP) is 2.54. The van der Waals surface area contributed by atoms with Crippen LogP contribution in [0.1, 0.15) is 31.4 Å². The van der Waals surface area contributed by atoms with Crippen LogP contribution in [0.15, 0.2) is 24.4 Å². The van der Waals surface area contributed by atoms with E-state index in [1.165, 1.54) is 32.2 Å². The van der Waals surface area contributed by atoms with E-state index in [4.69, 9.17) is 0 Å². The Morgan fingerprint density at radius 1 is 1.16 bits per heavy atom. The van der Waals surface area contributed by atoms with E-state index < -0.39 is 0 Å². The molecule has 3 nitrogen and oxygen atoms in total. The molecule has 1 saturated carbocycles. The summed E-state index contributed by atoms with van der Waals surface area (Å²) in [7, 11) is 4.36. The highest BCUT2D eigenvalue weighted by Gasteiger charge is 2.21. The molecule has 3 heteroatoms. The second kappa shape index (κ2) is 7.61. The standard InChI is InChI=1S/C16H27N3/c1-19(2)13-15-8-6-14(7-9-15)11-17-12-16-5-3-4-10-18-16/h3-5,10,14-15,17H,6-9,11-13H2,1-2H3. The van der Waals surface area contributed by atoms with Gasteiger partial charge in [-0.05, 0) is 70.3 Å². The van der Waals surface area contributed by atoms with Crippen LogP contribution in [0.25, 0.3) is 0 Å². The molecule has 1 aliphatic rings. The highest BCUT2D eigenvalue weighted by atomic mass is 15.1. The van der Waals surface area contributed by atoms with Gasteiger partial charge in [0.05, 0.1) is 5.69 Å². The largest absolute Gasteiger partial charge is 0.311 e. The minimum absolute atomic E-state index is 0.863. The molecular weight excluding hydrogens is 234 g/mol. The van der Waals surface area contributed by atoms with Crippen LogP contribution in [-0.4, -0.2) is 37.1 Å². The maximum atomic E-state index is 4.34. The molecule has 1 fully saturated rings. The van der Waals surface area contributed by atoms with Gasteiger partial charge in [-0.1, -0.05) is 6.07 Å². The zero-order valence-corrected chi connectivity index (χ0v) is 12.3. The summed E-state index contributed by atoms with van der Waals surface area (Å²) in [6.07, 6.45) is 7.42. The van der Waals surface area contributed by atoms with Crippen molar-refractivity contribution in [2.45, 2.75) is 32.2 Å². The Labute approximate surface area is 117 Å². The normalized spacial score (nSPS) is 23.7. The van der Waals surface area contributed by atoms with Crippen molar-refractivity contribution in [1.29, 1.82) is 0 Å². The van der Waals surface area contributed by atoms with E-state index in [-0.39, 0.29) is 0 Å². The minimum atomic E-state index is 0.863. The summed E-state index contributed by atoms with van der Waals surface area (Å²) in [5.74, 6) is 1.78. The quantitative estimate of drug-likeness (QED) is 0.853. The first-order valence-electron chi connectivity index (χ1n) is 7.49. The van der Waals surface area contributed by atoms with Gasteiger partial charge in [0.25, 0.3) is 0 Å². The topological polar surface area (TPSA) is 28.2 Å². The maximum Gasteiger partial charge on any atom is 0.0541 e. The van der Waals surface area contributed by atoms with Gasteiger partial charge in [0.2, 0.25) is 0 Å². The number of nitrogens with one attached hydrogen (secondary N) is 1. The van der Waals surface area contributed by atoms with Gasteiger partial charge in [-0.15, -0.1) is 0 Å². The second-order valence-electron chi connectivity index (χ2n) is 6.10. The Morgan fingerprint density at radius 2 is 1.89 bits per heavy atom. The maximum absolute atomic E-state index is 4.34. The van der Waals surface area contributed by atoms with Crippen LogP contribution in [0.5, 0.6) is 0 Å². The zero-order valence-electron chi connectivity index (χ0n) is 12.3. The van der Waals surface area contributed by atoms with Crippen LogP contribution in [0.4, 0.5) is 0 Å². The fourth-order valence-corrected chi connectivity index (χ4v) is 3.04. The van der Waals surface area contributed by atoms with Crippen LogP contribution in [-0.2, 0) is 6.54 Å². The SMILES string of the molecule is CN(C)CC1CCC(CNCc2ccccn2)CC1. The molecule has 0 unspecified atom stereocenters. The number of hydrogen-bond donors (Lipinski definition) is 1. The zero-order chi connectivity index (χ0) is 13.5. The van der Waals surface area contributed by atoms with Crippen LogP contribution in [0.2, 0.25) is 0 Å². The fourth-order valence-electron chi connectivity index (χ4n) is 3.04. The molecule has 0 saturated heterocycles. The molecule has 106 valence electrons. The number of nitrogens with zero attached hydrogens (tertiary/aromatic N) is 2. The van der Waals surface area contributed by atoms with Gasteiger partial charge in [0, 0.05) is 19.3 Å². The third-order valence-corrected chi connectivity index (χ3v) is 4.05. The van der Waals surface area contributed by atoms with Crippen LogP contribution in [0, 0.1) is 11.8 Å². The first kappa shape index (κ1) is 14.5. The molecule has 19 heavy (non-hydrogen) atoms. The molecule has 1 heterocycles. The third kappa shape index (κ3) is 5.29. The van der Waals surface area contributed by atoms with Gasteiger partial charge in [0.15, 0.2) is 0 Å². The fraction of sp³-hybridized carbons (Fsp3) is 0.688. The monoisotopic (exact) mass is 261 g/mol. The van der Waals surface area contributed by atoms with Gasteiger partial charge in [-0.3, -0.25) is 4.98 Å². The van der Waals surface area contributed by atoms with E-state index in [0.717, 1.165) is 30.6 Å². The lowest BCUT2D eigenvalue weighted by atomic mass is 9.82. The molecule has 0 aliphatic heterocycles. The Bertz CT molecular complexity index is 342. The lowest BCUT2D eigenvalue weighted by molar-refractivity contribution is 0.219. The number of hydrogen-bond acceptors (Lipinski definition) is 3. The summed E-state index contributed by atoms with van der Waals surface area (Å²) in [5.41, 5.74) is 1.14. The van der Waals surface area contributed by atoms with Crippen LogP contribution < -0.4 is 5.32 Å². The molecule has 1 aromatic heterocycles. The average molecular weight is 261 g/mol. The highest BCUT2D eigenvalue weighted by molar-refractivity contribution is 5.02. The lowest BCUT2D eigenvalue weighted by Crippen LogP contribution is -2.30. The Kier molecular flexibility index (Phi) is 5.80. The number of rotatable bonds is 6. The minimum Gasteiger partial charge on any atom is -0.311 e. The van der Waals surface area contributed by atoms with E-state index in [9.17, 15) is 0 Å². The van der Waals surface area contributed by atoms with Gasteiger partial charge < -0.3 is 10.2 Å². The van der Waals surface area contributed by atoms with Crippen molar-refractivity contribution in [3.8, 4) is 0 Å². The Hall–Kier alpha value is -0.930. The molecule has 1 aliphatic carbocycles. The van der Waals surface area contributed by atoms with E-state index in [1.807, 2.05) is 12.3 Å². The summed E-state index contributed by atoms with van der Waals surface area (Å²) in [5, 5.41) is 3.55. The lowest BCUT2D eigenvalue weighted by Gasteiger charge is -2.30. The molecule has 0 atom stereocenters. The second-order valence-corrected chi connectivity index (χ2v) is 6.10. The summed E-state index contributed by atoms with van der Waals surface area (Å²) in [6, 6.07) is 6.10.